The molecule has 0 aliphatic heterocycles. The highest BCUT2D eigenvalue weighted by Gasteiger charge is 2.28. The molecule has 0 spiro atoms. The van der Waals surface area contributed by atoms with Gasteiger partial charge in [0, 0.05) is 19.2 Å². The zero-order chi connectivity index (χ0) is 15.1. The van der Waals surface area contributed by atoms with E-state index in [1.807, 2.05) is 23.1 Å². The molecule has 4 heteroatoms. The van der Waals surface area contributed by atoms with Crippen LogP contribution in [0.3, 0.4) is 0 Å². The number of ether oxygens (including phenoxy) is 1. The number of nitrogens with zero attached hydrogens (tertiary/aromatic N) is 1. The molecule has 1 fully saturated rings. The molecule has 2 rings (SSSR count). The van der Waals surface area contributed by atoms with E-state index in [0.29, 0.717) is 19.0 Å². The fourth-order valence-electron chi connectivity index (χ4n) is 2.53. The van der Waals surface area contributed by atoms with E-state index in [4.69, 9.17) is 9.84 Å². The van der Waals surface area contributed by atoms with Crippen molar-refractivity contribution in [3.63, 3.8) is 0 Å². The van der Waals surface area contributed by atoms with Crippen LogP contribution in [-0.2, 0) is 11.2 Å². The Balaban J connectivity index is 1.88. The fraction of sp³-hybridized carbons (Fsp3) is 0.588. The standard InChI is InChI=1S/C17H25NO3/c1-2-14-6-3-9-16(12-14)21-13-17(20)18(10-5-11-19)15-7-4-8-15/h3,6,9,12,15,19H,2,4-5,7-8,10-11,13H2,1H3. The second kappa shape index (κ2) is 8.03. The number of aliphatic hydroxyl groups excluding tert-OH is 1. The van der Waals surface area contributed by atoms with E-state index in [2.05, 4.69) is 13.0 Å². The Hall–Kier alpha value is -1.55. The first-order valence-electron chi connectivity index (χ1n) is 7.86. The van der Waals surface area contributed by atoms with E-state index >= 15 is 0 Å². The van der Waals surface area contributed by atoms with Gasteiger partial charge in [-0.3, -0.25) is 4.79 Å². The Morgan fingerprint density at radius 3 is 2.86 bits per heavy atom. The van der Waals surface area contributed by atoms with Crippen molar-refractivity contribution in [3.8, 4) is 5.75 Å². The third kappa shape index (κ3) is 4.46. The van der Waals surface area contributed by atoms with Crippen LogP contribution in [0.2, 0.25) is 0 Å². The molecule has 1 aromatic rings. The lowest BCUT2D eigenvalue weighted by molar-refractivity contribution is -0.137. The normalized spacial score (nSPS) is 14.6. The molecule has 0 heterocycles. The zero-order valence-corrected chi connectivity index (χ0v) is 12.8. The van der Waals surface area contributed by atoms with Gasteiger partial charge in [0.05, 0.1) is 0 Å². The lowest BCUT2D eigenvalue weighted by Gasteiger charge is -2.37. The quantitative estimate of drug-likeness (QED) is 0.800. The highest BCUT2D eigenvalue weighted by Crippen LogP contribution is 2.25. The molecule has 1 saturated carbocycles. The van der Waals surface area contributed by atoms with Gasteiger partial charge in [0.25, 0.3) is 5.91 Å². The molecule has 1 aliphatic carbocycles. The minimum Gasteiger partial charge on any atom is -0.484 e. The van der Waals surface area contributed by atoms with E-state index in [-0.39, 0.29) is 19.1 Å². The highest BCUT2D eigenvalue weighted by atomic mass is 16.5. The molecule has 4 nitrogen and oxygen atoms in total. The van der Waals surface area contributed by atoms with E-state index in [1.54, 1.807) is 0 Å². The third-order valence-corrected chi connectivity index (χ3v) is 4.06. The van der Waals surface area contributed by atoms with Gasteiger partial charge in [0.15, 0.2) is 6.61 Å². The van der Waals surface area contributed by atoms with Crippen LogP contribution in [0.15, 0.2) is 24.3 Å². The van der Waals surface area contributed by atoms with Crippen LogP contribution in [0.1, 0.15) is 38.2 Å². The van der Waals surface area contributed by atoms with Gasteiger partial charge in [-0.15, -0.1) is 0 Å². The van der Waals surface area contributed by atoms with Crippen LogP contribution < -0.4 is 4.74 Å². The minimum absolute atomic E-state index is 0.0232. The van der Waals surface area contributed by atoms with Crippen molar-refractivity contribution in [2.24, 2.45) is 0 Å². The molecule has 0 atom stereocenters. The number of carbonyl (C=O) groups is 1. The van der Waals surface area contributed by atoms with Gasteiger partial charge >= 0.3 is 0 Å². The van der Waals surface area contributed by atoms with Crippen LogP contribution in [-0.4, -0.2) is 41.7 Å². The number of aryl methyl sites for hydroxylation is 1. The van der Waals surface area contributed by atoms with Crippen molar-refractivity contribution in [1.29, 1.82) is 0 Å². The summed E-state index contributed by atoms with van der Waals surface area (Å²) in [6.45, 7) is 2.92. The molecule has 1 N–H and O–H groups in total. The monoisotopic (exact) mass is 291 g/mol. The van der Waals surface area contributed by atoms with Crippen molar-refractivity contribution in [2.75, 3.05) is 19.8 Å². The first kappa shape index (κ1) is 15.8. The SMILES string of the molecule is CCc1cccc(OCC(=O)N(CCCO)C2CCC2)c1. The summed E-state index contributed by atoms with van der Waals surface area (Å²) >= 11 is 0. The Kier molecular flexibility index (Phi) is 6.05. The van der Waals surface area contributed by atoms with Crippen molar-refractivity contribution in [1.82, 2.24) is 4.90 Å². The molecular formula is C17H25NO3. The fourth-order valence-corrected chi connectivity index (χ4v) is 2.53. The predicted octanol–water partition coefficient (Wildman–Crippen LogP) is 2.39. The predicted molar refractivity (Wildman–Crippen MR) is 82.4 cm³/mol. The molecule has 116 valence electrons. The van der Waals surface area contributed by atoms with Crippen LogP contribution in [0.4, 0.5) is 0 Å². The van der Waals surface area contributed by atoms with Crippen molar-refractivity contribution in [2.45, 2.75) is 45.1 Å². The van der Waals surface area contributed by atoms with E-state index in [9.17, 15) is 4.79 Å². The number of carbonyl (C=O) groups excluding carboxylic acids is 1. The number of aliphatic hydroxyl groups is 1. The lowest BCUT2D eigenvalue weighted by Crippen LogP contribution is -2.46. The summed E-state index contributed by atoms with van der Waals surface area (Å²) in [5.74, 6) is 0.772. The van der Waals surface area contributed by atoms with Crippen LogP contribution in [0.25, 0.3) is 0 Å². The smallest absolute Gasteiger partial charge is 0.260 e. The summed E-state index contributed by atoms with van der Waals surface area (Å²) in [5, 5.41) is 8.97. The number of amides is 1. The second-order valence-corrected chi connectivity index (χ2v) is 5.54. The first-order valence-corrected chi connectivity index (χ1v) is 7.86. The largest absolute Gasteiger partial charge is 0.484 e. The topological polar surface area (TPSA) is 49.8 Å². The molecule has 0 unspecified atom stereocenters. The Bertz CT molecular complexity index is 457. The summed E-state index contributed by atoms with van der Waals surface area (Å²) in [5.41, 5.74) is 1.20. The van der Waals surface area contributed by atoms with Gasteiger partial charge in [-0.05, 0) is 49.8 Å². The number of hydrogen-bond acceptors (Lipinski definition) is 3. The molecule has 1 amide bonds. The summed E-state index contributed by atoms with van der Waals surface area (Å²) in [7, 11) is 0. The average molecular weight is 291 g/mol. The van der Waals surface area contributed by atoms with Gasteiger partial charge in [-0.25, -0.2) is 0 Å². The number of benzene rings is 1. The molecule has 0 aromatic heterocycles. The van der Waals surface area contributed by atoms with Gasteiger partial charge in [0.2, 0.25) is 0 Å². The maximum Gasteiger partial charge on any atom is 0.260 e. The summed E-state index contributed by atoms with van der Waals surface area (Å²) < 4.78 is 5.64. The van der Waals surface area contributed by atoms with Gasteiger partial charge < -0.3 is 14.7 Å². The van der Waals surface area contributed by atoms with Gasteiger partial charge in [-0.2, -0.15) is 0 Å². The van der Waals surface area contributed by atoms with Crippen molar-refractivity contribution >= 4 is 5.91 Å². The first-order chi connectivity index (χ1) is 10.2. The zero-order valence-electron chi connectivity index (χ0n) is 12.8. The highest BCUT2D eigenvalue weighted by molar-refractivity contribution is 5.78. The minimum atomic E-state index is 0.0232. The summed E-state index contributed by atoms with van der Waals surface area (Å²) in [4.78, 5) is 14.2. The lowest BCUT2D eigenvalue weighted by atomic mass is 9.91. The number of hydrogen-bond donors (Lipinski definition) is 1. The Morgan fingerprint density at radius 2 is 2.24 bits per heavy atom. The number of rotatable bonds is 8. The van der Waals surface area contributed by atoms with Crippen LogP contribution >= 0.6 is 0 Å². The van der Waals surface area contributed by atoms with E-state index in [0.717, 1.165) is 25.0 Å². The molecule has 1 aromatic carbocycles. The summed E-state index contributed by atoms with van der Waals surface area (Å²) in [6, 6.07) is 8.21. The molecule has 0 radical (unpaired) electrons. The third-order valence-electron chi connectivity index (χ3n) is 4.06. The Morgan fingerprint density at radius 1 is 1.43 bits per heavy atom. The molecule has 0 saturated heterocycles. The van der Waals surface area contributed by atoms with E-state index in [1.165, 1.54) is 12.0 Å². The molecule has 21 heavy (non-hydrogen) atoms. The maximum atomic E-state index is 12.3. The molecular weight excluding hydrogens is 266 g/mol. The summed E-state index contributed by atoms with van der Waals surface area (Å²) in [6.07, 6.45) is 4.92. The van der Waals surface area contributed by atoms with Crippen molar-refractivity contribution in [3.05, 3.63) is 29.8 Å². The van der Waals surface area contributed by atoms with Crippen molar-refractivity contribution < 1.29 is 14.6 Å². The Labute approximate surface area is 126 Å². The maximum absolute atomic E-state index is 12.3. The van der Waals surface area contributed by atoms with E-state index < -0.39 is 0 Å². The molecule has 0 bridgehead atoms. The van der Waals surface area contributed by atoms with Crippen LogP contribution in [0.5, 0.6) is 5.75 Å². The van der Waals surface area contributed by atoms with Gasteiger partial charge in [0.1, 0.15) is 5.75 Å². The molecule has 1 aliphatic rings. The van der Waals surface area contributed by atoms with Gasteiger partial charge in [-0.1, -0.05) is 19.1 Å². The average Bonchev–Trinajstić information content (AvgIpc) is 2.47. The van der Waals surface area contributed by atoms with Crippen LogP contribution in [0, 0.1) is 0 Å². The second-order valence-electron chi connectivity index (χ2n) is 5.54.